The molecule has 2 aromatic rings. The van der Waals surface area contributed by atoms with Crippen LogP contribution >= 0.6 is 0 Å². The van der Waals surface area contributed by atoms with E-state index in [1.54, 1.807) is 6.08 Å². The average molecular weight is 312 g/mol. The van der Waals surface area contributed by atoms with Crippen molar-refractivity contribution in [3.63, 3.8) is 0 Å². The number of fused-ring (bicyclic) bond motifs is 1. The van der Waals surface area contributed by atoms with E-state index in [4.69, 9.17) is 4.74 Å². The lowest BCUT2D eigenvalue weighted by Crippen LogP contribution is -1.95. The van der Waals surface area contributed by atoms with E-state index in [0.29, 0.717) is 11.1 Å². The van der Waals surface area contributed by atoms with Crippen LogP contribution in [0, 0.1) is 20.2 Å². The molecule has 0 saturated heterocycles. The van der Waals surface area contributed by atoms with Crippen LogP contribution in [0.5, 0.6) is 0 Å². The fraction of sp³-hybridized carbons (Fsp3) is 0. The maximum Gasteiger partial charge on any atom is 0.344 e. The zero-order valence-corrected chi connectivity index (χ0v) is 11.5. The van der Waals surface area contributed by atoms with E-state index < -0.39 is 15.8 Å². The molecule has 0 spiro atoms. The van der Waals surface area contributed by atoms with Gasteiger partial charge in [-0.15, -0.1) is 0 Å². The summed E-state index contributed by atoms with van der Waals surface area (Å²) in [6, 6.07) is 9.58. The normalized spacial score (nSPS) is 14.4. The van der Waals surface area contributed by atoms with Crippen molar-refractivity contribution < 1.29 is 19.4 Å². The van der Waals surface area contributed by atoms with Gasteiger partial charge in [-0.05, 0) is 29.8 Å². The lowest BCUT2D eigenvalue weighted by Gasteiger charge is -1.99. The molecule has 2 aromatic carbocycles. The Morgan fingerprint density at radius 1 is 0.870 bits per heavy atom. The Morgan fingerprint density at radius 3 is 2.09 bits per heavy atom. The van der Waals surface area contributed by atoms with Crippen molar-refractivity contribution in [3.8, 4) is 0 Å². The van der Waals surface area contributed by atoms with Gasteiger partial charge in [0.1, 0.15) is 5.76 Å². The Morgan fingerprint density at radius 2 is 1.48 bits per heavy atom. The molecule has 0 atom stereocenters. The number of rotatable bonds is 3. The Hall–Kier alpha value is -3.55. The number of hydrogen-bond acceptors (Lipinski definition) is 6. The van der Waals surface area contributed by atoms with Gasteiger partial charge < -0.3 is 4.74 Å². The molecule has 1 aliphatic rings. The average Bonchev–Trinajstić information content (AvgIpc) is 2.83. The van der Waals surface area contributed by atoms with Gasteiger partial charge in [0, 0.05) is 29.8 Å². The Kier molecular flexibility index (Phi) is 3.34. The summed E-state index contributed by atoms with van der Waals surface area (Å²) in [4.78, 5) is 32.1. The molecular weight excluding hydrogens is 304 g/mol. The summed E-state index contributed by atoms with van der Waals surface area (Å²) in [6.45, 7) is 0. The van der Waals surface area contributed by atoms with Crippen molar-refractivity contribution in [1.29, 1.82) is 0 Å². The number of nitrogens with zero attached hydrogens (tertiary/aromatic N) is 2. The van der Waals surface area contributed by atoms with Gasteiger partial charge in [0.15, 0.2) is 0 Å². The van der Waals surface area contributed by atoms with Gasteiger partial charge in [0.25, 0.3) is 11.4 Å². The Balaban J connectivity index is 1.98. The van der Waals surface area contributed by atoms with E-state index in [-0.39, 0.29) is 22.7 Å². The molecule has 114 valence electrons. The minimum Gasteiger partial charge on any atom is -0.422 e. The predicted octanol–water partition coefficient (Wildman–Crippen LogP) is 3.17. The zero-order chi connectivity index (χ0) is 16.6. The SMILES string of the molecule is O=C1O/C(=C/c2ccc([N+](=O)[O-])cc2)c2ccc([N+](=O)[O-])cc21. The number of esters is 1. The van der Waals surface area contributed by atoms with Crippen LogP contribution in [0.4, 0.5) is 11.4 Å². The first-order chi connectivity index (χ1) is 11.0. The van der Waals surface area contributed by atoms with Crippen molar-refractivity contribution in [2.75, 3.05) is 0 Å². The van der Waals surface area contributed by atoms with Crippen LogP contribution in [0.1, 0.15) is 21.5 Å². The third kappa shape index (κ3) is 2.64. The van der Waals surface area contributed by atoms with Crippen LogP contribution in [0.3, 0.4) is 0 Å². The summed E-state index contributed by atoms with van der Waals surface area (Å²) in [7, 11) is 0. The van der Waals surface area contributed by atoms with Gasteiger partial charge in [0.2, 0.25) is 0 Å². The number of non-ortho nitro benzene ring substituents is 2. The van der Waals surface area contributed by atoms with Gasteiger partial charge in [0.05, 0.1) is 15.4 Å². The van der Waals surface area contributed by atoms with E-state index >= 15 is 0 Å². The number of cyclic esters (lactones) is 1. The van der Waals surface area contributed by atoms with Crippen molar-refractivity contribution >= 4 is 29.2 Å². The van der Waals surface area contributed by atoms with E-state index in [1.807, 2.05) is 0 Å². The molecule has 0 saturated carbocycles. The summed E-state index contributed by atoms with van der Waals surface area (Å²) in [6.07, 6.45) is 1.54. The van der Waals surface area contributed by atoms with E-state index in [1.165, 1.54) is 36.4 Å². The second-order valence-corrected chi connectivity index (χ2v) is 4.73. The van der Waals surface area contributed by atoms with Gasteiger partial charge >= 0.3 is 5.97 Å². The van der Waals surface area contributed by atoms with Crippen LogP contribution < -0.4 is 0 Å². The number of nitro groups is 2. The molecule has 8 nitrogen and oxygen atoms in total. The monoisotopic (exact) mass is 312 g/mol. The molecule has 0 aromatic heterocycles. The van der Waals surface area contributed by atoms with E-state index in [9.17, 15) is 25.0 Å². The van der Waals surface area contributed by atoms with Crippen molar-refractivity contribution in [1.82, 2.24) is 0 Å². The molecule has 0 bridgehead atoms. The fourth-order valence-electron chi connectivity index (χ4n) is 2.19. The highest BCUT2D eigenvalue weighted by Crippen LogP contribution is 2.33. The molecule has 0 radical (unpaired) electrons. The van der Waals surface area contributed by atoms with Crippen LogP contribution in [0.25, 0.3) is 11.8 Å². The molecule has 0 N–H and O–H groups in total. The maximum atomic E-state index is 11.8. The lowest BCUT2D eigenvalue weighted by molar-refractivity contribution is -0.385. The second-order valence-electron chi connectivity index (χ2n) is 4.73. The molecule has 0 amide bonds. The second kappa shape index (κ2) is 5.34. The van der Waals surface area contributed by atoms with Crippen LogP contribution in [0.2, 0.25) is 0 Å². The van der Waals surface area contributed by atoms with Gasteiger partial charge in [-0.25, -0.2) is 4.79 Å². The molecule has 1 aliphatic heterocycles. The van der Waals surface area contributed by atoms with Crippen molar-refractivity contribution in [2.45, 2.75) is 0 Å². The number of ether oxygens (including phenoxy) is 1. The number of carbonyl (C=O) groups is 1. The Bertz CT molecular complexity index is 870. The third-order valence-electron chi connectivity index (χ3n) is 3.30. The van der Waals surface area contributed by atoms with E-state index in [2.05, 4.69) is 0 Å². The minimum atomic E-state index is -0.670. The van der Waals surface area contributed by atoms with Gasteiger partial charge in [-0.2, -0.15) is 0 Å². The molecular formula is C15H8N2O6. The highest BCUT2D eigenvalue weighted by molar-refractivity contribution is 6.06. The molecule has 23 heavy (non-hydrogen) atoms. The summed E-state index contributed by atoms with van der Waals surface area (Å²) in [5.74, 6) is -0.425. The molecule has 0 fully saturated rings. The van der Waals surface area contributed by atoms with Gasteiger partial charge in [-0.1, -0.05) is 0 Å². The standard InChI is InChI=1S/C15H8N2O6/c18-15-13-8-11(17(21)22)5-6-12(13)14(23-15)7-9-1-3-10(4-2-9)16(19)20/h1-8H/b14-7+. The molecule has 1 heterocycles. The molecule has 0 aliphatic carbocycles. The summed E-state index contributed by atoms with van der Waals surface area (Å²) in [5, 5.41) is 21.4. The van der Waals surface area contributed by atoms with Gasteiger partial charge in [-0.3, -0.25) is 20.2 Å². The summed E-state index contributed by atoms with van der Waals surface area (Å²) >= 11 is 0. The number of nitro benzene ring substituents is 2. The third-order valence-corrected chi connectivity index (χ3v) is 3.30. The van der Waals surface area contributed by atoms with Crippen LogP contribution in [0.15, 0.2) is 42.5 Å². The van der Waals surface area contributed by atoms with Crippen molar-refractivity contribution in [2.24, 2.45) is 0 Å². The van der Waals surface area contributed by atoms with E-state index in [0.717, 1.165) is 6.07 Å². The summed E-state index contributed by atoms with van der Waals surface area (Å²) < 4.78 is 5.11. The molecule has 3 rings (SSSR count). The number of carbonyl (C=O) groups excluding carboxylic acids is 1. The largest absolute Gasteiger partial charge is 0.422 e. The smallest absolute Gasteiger partial charge is 0.344 e. The first kappa shape index (κ1) is 14.4. The first-order valence-electron chi connectivity index (χ1n) is 6.43. The Labute approximate surface area is 128 Å². The number of benzene rings is 2. The highest BCUT2D eigenvalue weighted by Gasteiger charge is 2.28. The quantitative estimate of drug-likeness (QED) is 0.488. The fourth-order valence-corrected chi connectivity index (χ4v) is 2.19. The van der Waals surface area contributed by atoms with Crippen LogP contribution in [-0.2, 0) is 4.74 Å². The predicted molar refractivity (Wildman–Crippen MR) is 79.5 cm³/mol. The summed E-state index contributed by atoms with van der Waals surface area (Å²) in [5.41, 5.74) is 0.916. The topological polar surface area (TPSA) is 113 Å². The lowest BCUT2D eigenvalue weighted by atomic mass is 10.1. The highest BCUT2D eigenvalue weighted by atomic mass is 16.6. The van der Waals surface area contributed by atoms with Crippen LogP contribution in [-0.4, -0.2) is 15.8 Å². The molecule has 0 unspecified atom stereocenters. The molecule has 8 heteroatoms. The minimum absolute atomic E-state index is 0.0495. The number of hydrogen-bond donors (Lipinski definition) is 0. The van der Waals surface area contributed by atoms with Crippen molar-refractivity contribution in [3.05, 3.63) is 79.4 Å². The first-order valence-corrected chi connectivity index (χ1v) is 6.43. The zero-order valence-electron chi connectivity index (χ0n) is 11.5. The maximum absolute atomic E-state index is 11.8.